The highest BCUT2D eigenvalue weighted by atomic mass is 31.2. The van der Waals surface area contributed by atoms with Crippen LogP contribution >= 0.6 is 15.2 Å². The molecule has 0 unspecified atom stereocenters. The van der Waals surface area contributed by atoms with Crippen LogP contribution in [0.1, 0.15) is 120 Å². The molecule has 0 heterocycles. The third-order valence-electron chi connectivity index (χ3n) is 6.88. The van der Waals surface area contributed by atoms with Crippen molar-refractivity contribution in [1.29, 1.82) is 0 Å². The first kappa shape index (κ1) is 37.7. The molecule has 0 aromatic carbocycles. The standard InChI is InChI=1S/C31H54O6P2/c1-25(2)13-9-15-27(5)17-11-19-29(7)21-23-31(38(32,33)34,39(35,36)37)24-22-30(8)20-12-18-28(6)16-10-14-26(3)4/h13-14,17-18,21-22H,9-12,15-16,19-20,23-24H2,1-8H3,(H2,32,33,34)(H2,35,36,37). The van der Waals surface area contributed by atoms with Gasteiger partial charge in [-0.2, -0.15) is 0 Å². The maximum absolute atomic E-state index is 12.5. The predicted molar refractivity (Wildman–Crippen MR) is 167 cm³/mol. The van der Waals surface area contributed by atoms with Crippen LogP contribution in [0.4, 0.5) is 0 Å². The molecule has 0 saturated carbocycles. The second-order valence-corrected chi connectivity index (χ2v) is 15.6. The van der Waals surface area contributed by atoms with Gasteiger partial charge in [0.05, 0.1) is 0 Å². The third kappa shape index (κ3) is 15.9. The van der Waals surface area contributed by atoms with Gasteiger partial charge < -0.3 is 19.6 Å². The lowest BCUT2D eigenvalue weighted by Gasteiger charge is -2.33. The minimum absolute atomic E-state index is 0.385. The summed E-state index contributed by atoms with van der Waals surface area (Å²) in [5.74, 6) is 0. The number of hydrogen-bond donors (Lipinski definition) is 4. The quantitative estimate of drug-likeness (QED) is 0.0942. The van der Waals surface area contributed by atoms with Gasteiger partial charge in [-0.15, -0.1) is 0 Å². The molecule has 0 aliphatic rings. The fraction of sp³-hybridized carbons (Fsp3) is 0.613. The van der Waals surface area contributed by atoms with Crippen LogP contribution in [-0.2, 0) is 9.13 Å². The van der Waals surface area contributed by atoms with Gasteiger partial charge in [-0.25, -0.2) is 0 Å². The smallest absolute Gasteiger partial charge is 0.324 e. The van der Waals surface area contributed by atoms with E-state index in [1.807, 2.05) is 13.8 Å². The molecule has 39 heavy (non-hydrogen) atoms. The molecule has 0 bridgehead atoms. The van der Waals surface area contributed by atoms with E-state index in [2.05, 4.69) is 65.8 Å². The molecule has 0 aliphatic carbocycles. The van der Waals surface area contributed by atoms with Crippen molar-refractivity contribution in [3.8, 4) is 0 Å². The average molecular weight is 585 g/mol. The molecule has 0 aliphatic heterocycles. The van der Waals surface area contributed by atoms with Gasteiger partial charge in [-0.05, 0) is 120 Å². The summed E-state index contributed by atoms with van der Waals surface area (Å²) in [6, 6.07) is 0. The summed E-state index contributed by atoms with van der Waals surface area (Å²) in [7, 11) is -10.3. The molecule has 0 saturated heterocycles. The van der Waals surface area contributed by atoms with Crippen LogP contribution in [0, 0.1) is 0 Å². The van der Waals surface area contributed by atoms with Gasteiger partial charge >= 0.3 is 15.2 Å². The zero-order chi connectivity index (χ0) is 30.3. The topological polar surface area (TPSA) is 115 Å². The van der Waals surface area contributed by atoms with Crippen molar-refractivity contribution in [2.75, 3.05) is 0 Å². The fourth-order valence-electron chi connectivity index (χ4n) is 4.08. The van der Waals surface area contributed by atoms with Crippen molar-refractivity contribution in [1.82, 2.24) is 0 Å². The Morgan fingerprint density at radius 1 is 0.487 bits per heavy atom. The molecular weight excluding hydrogens is 530 g/mol. The summed E-state index contributed by atoms with van der Waals surface area (Å²) in [6.07, 6.45) is 17.9. The van der Waals surface area contributed by atoms with Gasteiger partial charge in [0.2, 0.25) is 0 Å². The largest absolute Gasteiger partial charge is 0.344 e. The van der Waals surface area contributed by atoms with E-state index in [0.29, 0.717) is 12.8 Å². The molecule has 224 valence electrons. The van der Waals surface area contributed by atoms with E-state index in [4.69, 9.17) is 0 Å². The highest BCUT2D eigenvalue weighted by Gasteiger charge is 2.58. The predicted octanol–water partition coefficient (Wildman–Crippen LogP) is 9.66. The van der Waals surface area contributed by atoms with E-state index in [1.54, 1.807) is 12.2 Å². The molecule has 0 spiro atoms. The Morgan fingerprint density at radius 3 is 1.00 bits per heavy atom. The average Bonchev–Trinajstić information content (AvgIpc) is 2.76. The van der Waals surface area contributed by atoms with Crippen molar-refractivity contribution in [3.05, 3.63) is 69.9 Å². The maximum Gasteiger partial charge on any atom is 0.344 e. The van der Waals surface area contributed by atoms with Crippen molar-refractivity contribution in [2.24, 2.45) is 0 Å². The fourth-order valence-corrected chi connectivity index (χ4v) is 6.76. The van der Waals surface area contributed by atoms with Crippen LogP contribution in [0.3, 0.4) is 0 Å². The van der Waals surface area contributed by atoms with E-state index in [1.165, 1.54) is 22.3 Å². The summed E-state index contributed by atoms with van der Waals surface area (Å²) < 4.78 is 25.1. The van der Waals surface area contributed by atoms with Crippen LogP contribution < -0.4 is 0 Å². The lowest BCUT2D eigenvalue weighted by atomic mass is 10.0. The molecule has 6 nitrogen and oxygen atoms in total. The van der Waals surface area contributed by atoms with Gasteiger partial charge in [0, 0.05) is 0 Å². The van der Waals surface area contributed by atoms with Crippen LogP contribution in [0.5, 0.6) is 0 Å². The lowest BCUT2D eigenvalue weighted by molar-refractivity contribution is 0.307. The molecule has 4 N–H and O–H groups in total. The second kappa shape index (κ2) is 18.2. The summed E-state index contributed by atoms with van der Waals surface area (Å²) in [4.78, 5) is 38.2. The summed E-state index contributed by atoms with van der Waals surface area (Å²) in [5.41, 5.74) is 6.84. The maximum atomic E-state index is 12.5. The SMILES string of the molecule is CC(C)=CCCC(C)=CCCC(C)=CCC(CC=C(C)CCC=C(C)CCC=C(C)C)(P(=O)(O)O)P(=O)(O)O. The number of allylic oxidation sites excluding steroid dienone is 12. The van der Waals surface area contributed by atoms with E-state index >= 15 is 0 Å². The molecule has 8 heteroatoms. The van der Waals surface area contributed by atoms with E-state index in [-0.39, 0.29) is 12.8 Å². The highest BCUT2D eigenvalue weighted by Crippen LogP contribution is 2.72. The van der Waals surface area contributed by atoms with E-state index in [0.717, 1.165) is 49.7 Å². The van der Waals surface area contributed by atoms with Crippen LogP contribution in [0.2, 0.25) is 0 Å². The zero-order valence-electron chi connectivity index (χ0n) is 25.5. The Balaban J connectivity index is 5.45. The second-order valence-electron chi connectivity index (χ2n) is 11.4. The number of rotatable bonds is 18. The van der Waals surface area contributed by atoms with Gasteiger partial charge in [-0.1, -0.05) is 69.9 Å². The lowest BCUT2D eigenvalue weighted by Crippen LogP contribution is -2.28. The first-order chi connectivity index (χ1) is 17.9. The Labute approximate surface area is 238 Å². The van der Waals surface area contributed by atoms with Crippen LogP contribution in [0.25, 0.3) is 0 Å². The monoisotopic (exact) mass is 584 g/mol. The normalized spacial score (nSPS) is 14.5. The third-order valence-corrected chi connectivity index (χ3v) is 11.3. The first-order valence-corrected chi connectivity index (χ1v) is 17.1. The summed E-state index contributed by atoms with van der Waals surface area (Å²) >= 11 is 0. The van der Waals surface area contributed by atoms with Crippen LogP contribution in [-0.4, -0.2) is 24.5 Å². The van der Waals surface area contributed by atoms with Crippen molar-refractivity contribution in [2.45, 2.75) is 124 Å². The van der Waals surface area contributed by atoms with Crippen molar-refractivity contribution in [3.63, 3.8) is 0 Å². The van der Waals surface area contributed by atoms with Crippen molar-refractivity contribution < 1.29 is 28.7 Å². The zero-order valence-corrected chi connectivity index (χ0v) is 27.3. The summed E-state index contributed by atoms with van der Waals surface area (Å²) in [6.45, 7) is 16.1. The minimum Gasteiger partial charge on any atom is -0.324 e. The number of hydrogen-bond acceptors (Lipinski definition) is 2. The Morgan fingerprint density at radius 2 is 0.744 bits per heavy atom. The highest BCUT2D eigenvalue weighted by molar-refractivity contribution is 7.72. The van der Waals surface area contributed by atoms with Gasteiger partial charge in [-0.3, -0.25) is 9.13 Å². The molecule has 0 amide bonds. The van der Waals surface area contributed by atoms with Gasteiger partial charge in [0.25, 0.3) is 0 Å². The molecule has 0 rings (SSSR count). The minimum atomic E-state index is -5.15. The Hall–Kier alpha value is -1.26. The first-order valence-electron chi connectivity index (χ1n) is 13.9. The summed E-state index contributed by atoms with van der Waals surface area (Å²) in [5, 5.41) is 0. The Bertz CT molecular complexity index is 955. The molecule has 0 aromatic heterocycles. The Kier molecular flexibility index (Phi) is 17.6. The van der Waals surface area contributed by atoms with Crippen molar-refractivity contribution >= 4 is 15.2 Å². The van der Waals surface area contributed by atoms with Crippen LogP contribution in [0.15, 0.2) is 69.9 Å². The van der Waals surface area contributed by atoms with E-state index in [9.17, 15) is 28.7 Å². The van der Waals surface area contributed by atoms with Gasteiger partial charge in [0.15, 0.2) is 4.90 Å². The molecule has 0 atom stereocenters. The molecular formula is C31H54O6P2. The molecule has 0 fully saturated rings. The molecule has 0 aromatic rings. The van der Waals surface area contributed by atoms with E-state index < -0.39 is 20.1 Å². The molecule has 0 radical (unpaired) electrons. The van der Waals surface area contributed by atoms with Gasteiger partial charge in [0.1, 0.15) is 0 Å².